The van der Waals surface area contributed by atoms with Crippen LogP contribution in [0, 0.1) is 0 Å². The Kier molecular flexibility index (Phi) is 4.01. The molecule has 0 saturated heterocycles. The van der Waals surface area contributed by atoms with Gasteiger partial charge in [0.2, 0.25) is 0 Å². The van der Waals surface area contributed by atoms with E-state index in [0.717, 1.165) is 41.5 Å². The first-order chi connectivity index (χ1) is 13.8. The third-order valence-electron chi connectivity index (χ3n) is 5.02. The molecule has 0 bridgehead atoms. The van der Waals surface area contributed by atoms with Crippen molar-refractivity contribution >= 4 is 22.4 Å². The van der Waals surface area contributed by atoms with Crippen molar-refractivity contribution < 1.29 is 0 Å². The molecule has 0 unspecified atom stereocenters. The molecule has 3 aromatic heterocycles. The van der Waals surface area contributed by atoms with E-state index >= 15 is 0 Å². The molecule has 6 nitrogen and oxygen atoms in total. The number of anilines is 1. The number of H-pyrrole nitrogens is 1. The highest BCUT2D eigenvalue weighted by Gasteiger charge is 2.14. The van der Waals surface area contributed by atoms with Crippen LogP contribution in [0.25, 0.3) is 27.9 Å². The van der Waals surface area contributed by atoms with Gasteiger partial charge in [0.05, 0.1) is 0 Å². The van der Waals surface area contributed by atoms with E-state index in [1.54, 1.807) is 0 Å². The van der Waals surface area contributed by atoms with Crippen molar-refractivity contribution in [2.75, 3.05) is 11.4 Å². The molecule has 3 heterocycles. The normalized spacial score (nSPS) is 11.3. The lowest BCUT2D eigenvalue weighted by molar-refractivity contribution is 0.787. The zero-order valence-corrected chi connectivity index (χ0v) is 15.6. The summed E-state index contributed by atoms with van der Waals surface area (Å²) < 4.78 is 1.82. The molecular formula is C22H20N6. The number of nitrogens with one attached hydrogen (secondary N) is 1. The van der Waals surface area contributed by atoms with Crippen molar-refractivity contribution in [1.29, 1.82) is 0 Å². The SMILES string of the molecule is CCN(Cc1c[nH]c2ccccc12)c1ccc2nnc(-c3ccccc3)n2n1. The van der Waals surface area contributed by atoms with Crippen molar-refractivity contribution in [1.82, 2.24) is 24.8 Å². The van der Waals surface area contributed by atoms with Gasteiger partial charge in [0.15, 0.2) is 11.5 Å². The smallest absolute Gasteiger partial charge is 0.185 e. The molecule has 6 heteroatoms. The van der Waals surface area contributed by atoms with Crippen LogP contribution in [0.1, 0.15) is 12.5 Å². The largest absolute Gasteiger partial charge is 0.361 e. The summed E-state index contributed by atoms with van der Waals surface area (Å²) in [7, 11) is 0. The number of benzene rings is 2. The summed E-state index contributed by atoms with van der Waals surface area (Å²) in [6.07, 6.45) is 2.08. The lowest BCUT2D eigenvalue weighted by Gasteiger charge is -2.21. The molecule has 0 aliphatic rings. The Labute approximate surface area is 162 Å². The van der Waals surface area contributed by atoms with Crippen LogP contribution in [0.3, 0.4) is 0 Å². The van der Waals surface area contributed by atoms with Gasteiger partial charge in [-0.2, -0.15) is 4.52 Å². The minimum atomic E-state index is 0.741. The van der Waals surface area contributed by atoms with Gasteiger partial charge in [-0.1, -0.05) is 48.5 Å². The Morgan fingerprint density at radius 1 is 0.929 bits per heavy atom. The number of rotatable bonds is 5. The maximum atomic E-state index is 4.85. The Hall–Kier alpha value is -3.67. The standard InChI is InChI=1S/C22H20N6/c1-2-27(15-17-14-23-19-11-7-6-10-18(17)19)21-13-12-20-24-25-22(28(20)26-21)16-8-4-3-5-9-16/h3-14,23H,2,15H2,1H3. The number of hydrogen-bond acceptors (Lipinski definition) is 4. The van der Waals surface area contributed by atoms with E-state index in [0.29, 0.717) is 0 Å². The van der Waals surface area contributed by atoms with Gasteiger partial charge >= 0.3 is 0 Å². The number of para-hydroxylation sites is 1. The monoisotopic (exact) mass is 368 g/mol. The van der Waals surface area contributed by atoms with Crippen molar-refractivity contribution in [3.8, 4) is 11.4 Å². The molecule has 0 radical (unpaired) electrons. The predicted octanol–water partition coefficient (Wildman–Crippen LogP) is 4.30. The summed E-state index contributed by atoms with van der Waals surface area (Å²) >= 11 is 0. The van der Waals surface area contributed by atoms with Crippen molar-refractivity contribution in [3.63, 3.8) is 0 Å². The Bertz CT molecular complexity index is 1240. The third-order valence-corrected chi connectivity index (χ3v) is 5.02. The molecule has 0 atom stereocenters. The summed E-state index contributed by atoms with van der Waals surface area (Å²) in [5.74, 6) is 1.65. The van der Waals surface area contributed by atoms with Crippen LogP contribution in [0.15, 0.2) is 72.9 Å². The van der Waals surface area contributed by atoms with Crippen LogP contribution in [0.4, 0.5) is 5.82 Å². The Morgan fingerprint density at radius 2 is 1.75 bits per heavy atom. The Balaban J connectivity index is 1.53. The molecule has 0 saturated carbocycles. The van der Waals surface area contributed by atoms with Gasteiger partial charge < -0.3 is 9.88 Å². The second-order valence-corrected chi connectivity index (χ2v) is 6.72. The van der Waals surface area contributed by atoms with Gasteiger partial charge in [-0.05, 0) is 30.7 Å². The van der Waals surface area contributed by atoms with E-state index in [4.69, 9.17) is 5.10 Å². The molecule has 5 rings (SSSR count). The van der Waals surface area contributed by atoms with Crippen LogP contribution >= 0.6 is 0 Å². The summed E-state index contributed by atoms with van der Waals surface area (Å²) in [6.45, 7) is 3.77. The van der Waals surface area contributed by atoms with Gasteiger partial charge in [0.25, 0.3) is 0 Å². The fourth-order valence-corrected chi connectivity index (χ4v) is 3.54. The first kappa shape index (κ1) is 16.5. The van der Waals surface area contributed by atoms with Crippen LogP contribution in [-0.2, 0) is 6.54 Å². The average molecular weight is 368 g/mol. The maximum Gasteiger partial charge on any atom is 0.185 e. The van der Waals surface area contributed by atoms with Crippen molar-refractivity contribution in [2.45, 2.75) is 13.5 Å². The Morgan fingerprint density at radius 3 is 2.61 bits per heavy atom. The molecular weight excluding hydrogens is 348 g/mol. The van der Waals surface area contributed by atoms with Gasteiger partial charge in [0, 0.05) is 35.8 Å². The van der Waals surface area contributed by atoms with E-state index in [1.165, 1.54) is 10.9 Å². The fraction of sp³-hybridized carbons (Fsp3) is 0.136. The van der Waals surface area contributed by atoms with Crippen LogP contribution in [0.5, 0.6) is 0 Å². The van der Waals surface area contributed by atoms with E-state index in [-0.39, 0.29) is 0 Å². The minimum absolute atomic E-state index is 0.741. The van der Waals surface area contributed by atoms with Crippen LogP contribution in [-0.4, -0.2) is 31.3 Å². The fourth-order valence-electron chi connectivity index (χ4n) is 3.54. The van der Waals surface area contributed by atoms with E-state index in [1.807, 2.05) is 53.0 Å². The summed E-state index contributed by atoms with van der Waals surface area (Å²) in [6, 6.07) is 22.4. The molecule has 2 aromatic carbocycles. The van der Waals surface area contributed by atoms with Gasteiger partial charge in [0.1, 0.15) is 5.82 Å². The summed E-state index contributed by atoms with van der Waals surface area (Å²) in [5, 5.41) is 14.7. The number of aromatic nitrogens is 5. The average Bonchev–Trinajstić information content (AvgIpc) is 3.36. The second kappa shape index (κ2) is 6.81. The number of aromatic amines is 1. The predicted molar refractivity (Wildman–Crippen MR) is 111 cm³/mol. The molecule has 0 amide bonds. The molecule has 5 aromatic rings. The number of hydrogen-bond donors (Lipinski definition) is 1. The highest BCUT2D eigenvalue weighted by molar-refractivity contribution is 5.83. The molecule has 28 heavy (non-hydrogen) atoms. The lowest BCUT2D eigenvalue weighted by atomic mass is 10.1. The molecule has 0 fully saturated rings. The molecule has 138 valence electrons. The minimum Gasteiger partial charge on any atom is -0.361 e. The van der Waals surface area contributed by atoms with Gasteiger partial charge in [-0.15, -0.1) is 15.3 Å². The molecule has 0 spiro atoms. The zero-order chi connectivity index (χ0) is 18.9. The third kappa shape index (κ3) is 2.79. The van der Waals surface area contributed by atoms with E-state index < -0.39 is 0 Å². The summed E-state index contributed by atoms with van der Waals surface area (Å²) in [5.41, 5.74) is 4.15. The molecule has 1 N–H and O–H groups in total. The first-order valence-electron chi connectivity index (χ1n) is 9.41. The topological polar surface area (TPSA) is 62.1 Å². The number of fused-ring (bicyclic) bond motifs is 2. The van der Waals surface area contributed by atoms with Crippen molar-refractivity contribution in [2.24, 2.45) is 0 Å². The van der Waals surface area contributed by atoms with Gasteiger partial charge in [-0.25, -0.2) is 0 Å². The zero-order valence-electron chi connectivity index (χ0n) is 15.6. The lowest BCUT2D eigenvalue weighted by Crippen LogP contribution is -2.23. The summed E-state index contributed by atoms with van der Waals surface area (Å²) in [4.78, 5) is 5.61. The van der Waals surface area contributed by atoms with E-state index in [2.05, 4.69) is 51.4 Å². The number of nitrogens with zero attached hydrogens (tertiary/aromatic N) is 5. The van der Waals surface area contributed by atoms with E-state index in [9.17, 15) is 0 Å². The van der Waals surface area contributed by atoms with Crippen LogP contribution < -0.4 is 4.90 Å². The maximum absolute atomic E-state index is 4.85. The highest BCUT2D eigenvalue weighted by atomic mass is 15.4. The highest BCUT2D eigenvalue weighted by Crippen LogP contribution is 2.23. The van der Waals surface area contributed by atoms with Crippen LogP contribution in [0.2, 0.25) is 0 Å². The van der Waals surface area contributed by atoms with Crippen molar-refractivity contribution in [3.05, 3.63) is 78.5 Å². The molecule has 0 aliphatic carbocycles. The first-order valence-corrected chi connectivity index (χ1v) is 9.41. The van der Waals surface area contributed by atoms with Gasteiger partial charge in [-0.3, -0.25) is 0 Å². The second-order valence-electron chi connectivity index (χ2n) is 6.72. The molecule has 0 aliphatic heterocycles. The quantitative estimate of drug-likeness (QED) is 0.502.